The van der Waals surface area contributed by atoms with Gasteiger partial charge >= 0.3 is 0 Å². The van der Waals surface area contributed by atoms with E-state index in [0.717, 1.165) is 11.4 Å². The summed E-state index contributed by atoms with van der Waals surface area (Å²) in [5.74, 6) is 0.866. The lowest BCUT2D eigenvalue weighted by atomic mass is 9.91. The molecule has 0 amide bonds. The number of hydrogen-bond acceptors (Lipinski definition) is 4. The van der Waals surface area contributed by atoms with Crippen molar-refractivity contribution >= 4 is 46.2 Å². The van der Waals surface area contributed by atoms with Gasteiger partial charge in [0.05, 0.1) is 18.5 Å². The van der Waals surface area contributed by atoms with Gasteiger partial charge in [0.25, 0.3) is 0 Å². The van der Waals surface area contributed by atoms with Crippen LogP contribution in [-0.2, 0) is 0 Å². The molecule has 1 heterocycles. The van der Waals surface area contributed by atoms with Crippen molar-refractivity contribution in [3.05, 3.63) is 88.2 Å². The van der Waals surface area contributed by atoms with Crippen LogP contribution in [0.3, 0.4) is 0 Å². The van der Waals surface area contributed by atoms with Crippen LogP contribution in [0, 0.1) is 0 Å². The predicted octanol–water partition coefficient (Wildman–Crippen LogP) is 6.92. The number of nitrogens with zero attached hydrogens (tertiary/aromatic N) is 1. The van der Waals surface area contributed by atoms with Crippen LogP contribution in [0.2, 0.25) is 0 Å². The van der Waals surface area contributed by atoms with Crippen molar-refractivity contribution in [2.45, 2.75) is 0 Å². The first kappa shape index (κ1) is 18.1. The standard InChI is InChI=1S/C23H21NOS2/c1-25-17-14-12-16(13-15-17)24-20-10-6-4-8-18(20)22(23(26-2)27-3)19-9-5-7-11-21(19)24/h4-15H,1-3H3. The Morgan fingerprint density at radius 2 is 1.26 bits per heavy atom. The molecule has 0 spiro atoms. The fourth-order valence-corrected chi connectivity index (χ4v) is 5.07. The maximum atomic E-state index is 5.34. The minimum Gasteiger partial charge on any atom is -0.497 e. The molecule has 1 aliphatic heterocycles. The normalized spacial score (nSPS) is 12.4. The summed E-state index contributed by atoms with van der Waals surface area (Å²) in [5, 5.41) is 0. The summed E-state index contributed by atoms with van der Waals surface area (Å²) < 4.78 is 6.68. The first-order valence-corrected chi connectivity index (χ1v) is 11.2. The zero-order valence-corrected chi connectivity index (χ0v) is 17.2. The molecule has 136 valence electrons. The van der Waals surface area contributed by atoms with Crippen molar-refractivity contribution in [2.24, 2.45) is 0 Å². The Labute approximate surface area is 169 Å². The van der Waals surface area contributed by atoms with Crippen LogP contribution in [0.25, 0.3) is 5.57 Å². The Kier molecular flexibility index (Phi) is 5.19. The summed E-state index contributed by atoms with van der Waals surface area (Å²) in [6.07, 6.45) is 4.31. The van der Waals surface area contributed by atoms with E-state index in [2.05, 4.69) is 78.1 Å². The summed E-state index contributed by atoms with van der Waals surface area (Å²) in [6.45, 7) is 0. The SMILES string of the molecule is COc1ccc(N2c3ccccc3C(=C(SC)SC)c3ccccc32)cc1. The Morgan fingerprint density at radius 3 is 1.74 bits per heavy atom. The van der Waals surface area contributed by atoms with Gasteiger partial charge in [-0.3, -0.25) is 0 Å². The van der Waals surface area contributed by atoms with Crippen LogP contribution in [0.5, 0.6) is 5.75 Å². The van der Waals surface area contributed by atoms with Crippen molar-refractivity contribution in [3.63, 3.8) is 0 Å². The maximum absolute atomic E-state index is 5.34. The zero-order valence-electron chi connectivity index (χ0n) is 15.6. The second kappa shape index (κ2) is 7.75. The Hall–Kier alpha value is -2.30. The quantitative estimate of drug-likeness (QED) is 0.374. The highest BCUT2D eigenvalue weighted by molar-refractivity contribution is 8.21. The van der Waals surface area contributed by atoms with Gasteiger partial charge in [-0.1, -0.05) is 36.4 Å². The van der Waals surface area contributed by atoms with Crippen LogP contribution >= 0.6 is 23.5 Å². The van der Waals surface area contributed by atoms with Crippen molar-refractivity contribution in [1.82, 2.24) is 0 Å². The number of anilines is 3. The number of rotatable bonds is 4. The van der Waals surface area contributed by atoms with Gasteiger partial charge in [-0.15, -0.1) is 23.5 Å². The van der Waals surface area contributed by atoms with Crippen LogP contribution in [0.15, 0.2) is 77.0 Å². The van der Waals surface area contributed by atoms with Crippen LogP contribution < -0.4 is 9.64 Å². The Bertz CT molecular complexity index is 940. The molecule has 0 radical (unpaired) electrons. The fourth-order valence-electron chi connectivity index (χ4n) is 3.55. The first-order valence-electron chi connectivity index (χ1n) is 8.73. The highest BCUT2D eigenvalue weighted by Gasteiger charge is 2.28. The molecule has 4 heteroatoms. The van der Waals surface area contributed by atoms with Gasteiger partial charge in [-0.25, -0.2) is 0 Å². The number of benzene rings is 3. The molecule has 2 nitrogen and oxygen atoms in total. The van der Waals surface area contributed by atoms with Gasteiger partial charge in [0.2, 0.25) is 0 Å². The van der Waals surface area contributed by atoms with Crippen molar-refractivity contribution in [1.29, 1.82) is 0 Å². The number of methoxy groups -OCH3 is 1. The van der Waals surface area contributed by atoms with E-state index in [1.54, 1.807) is 7.11 Å². The lowest BCUT2D eigenvalue weighted by molar-refractivity contribution is 0.415. The highest BCUT2D eigenvalue weighted by Crippen LogP contribution is 2.51. The molecule has 1 aliphatic rings. The number of fused-ring (bicyclic) bond motifs is 2. The van der Waals surface area contributed by atoms with E-state index >= 15 is 0 Å². The van der Waals surface area contributed by atoms with Crippen molar-refractivity contribution < 1.29 is 4.74 Å². The van der Waals surface area contributed by atoms with E-state index in [1.165, 1.54) is 32.3 Å². The van der Waals surface area contributed by atoms with Gasteiger partial charge in [0.1, 0.15) is 5.75 Å². The molecule has 4 rings (SSSR count). The largest absolute Gasteiger partial charge is 0.497 e. The fraction of sp³-hybridized carbons (Fsp3) is 0.130. The third-order valence-corrected chi connectivity index (χ3v) is 6.88. The second-order valence-corrected chi connectivity index (χ2v) is 8.03. The minimum absolute atomic E-state index is 0.866. The third-order valence-electron chi connectivity index (χ3n) is 4.73. The number of hydrogen-bond donors (Lipinski definition) is 0. The third kappa shape index (κ3) is 3.13. The summed E-state index contributed by atoms with van der Waals surface area (Å²) >= 11 is 3.63. The molecule has 0 aromatic heterocycles. The monoisotopic (exact) mass is 391 g/mol. The molecule has 0 N–H and O–H groups in total. The van der Waals surface area contributed by atoms with Gasteiger partial charge in [0.15, 0.2) is 0 Å². The summed E-state index contributed by atoms with van der Waals surface area (Å²) in [6, 6.07) is 25.6. The smallest absolute Gasteiger partial charge is 0.119 e. The minimum atomic E-state index is 0.866. The van der Waals surface area contributed by atoms with Gasteiger partial charge in [-0.05, 0) is 48.9 Å². The Balaban J connectivity index is 2.00. The van der Waals surface area contributed by atoms with E-state index < -0.39 is 0 Å². The van der Waals surface area contributed by atoms with E-state index in [4.69, 9.17) is 4.74 Å². The van der Waals surface area contributed by atoms with Crippen molar-refractivity contribution in [3.8, 4) is 5.75 Å². The molecule has 0 aliphatic carbocycles. The van der Waals surface area contributed by atoms with Crippen LogP contribution in [0.4, 0.5) is 17.1 Å². The average Bonchev–Trinajstić information content (AvgIpc) is 2.74. The molecule has 0 fully saturated rings. The number of para-hydroxylation sites is 2. The highest BCUT2D eigenvalue weighted by atomic mass is 32.2. The van der Waals surface area contributed by atoms with Crippen LogP contribution in [0.1, 0.15) is 11.1 Å². The molecule has 27 heavy (non-hydrogen) atoms. The molecular formula is C23H21NOS2. The first-order chi connectivity index (χ1) is 13.3. The topological polar surface area (TPSA) is 12.5 Å². The lowest BCUT2D eigenvalue weighted by Crippen LogP contribution is -2.18. The lowest BCUT2D eigenvalue weighted by Gasteiger charge is -2.35. The number of thioether (sulfide) groups is 2. The predicted molar refractivity (Wildman–Crippen MR) is 121 cm³/mol. The number of ether oxygens (including phenoxy) is 1. The maximum Gasteiger partial charge on any atom is 0.119 e. The molecule has 3 aromatic carbocycles. The van der Waals surface area contributed by atoms with E-state index in [9.17, 15) is 0 Å². The molecule has 0 saturated carbocycles. The molecule has 0 unspecified atom stereocenters. The zero-order chi connectivity index (χ0) is 18.8. The summed E-state index contributed by atoms with van der Waals surface area (Å²) in [4.78, 5) is 2.34. The average molecular weight is 392 g/mol. The van der Waals surface area contributed by atoms with Gasteiger partial charge in [0, 0.05) is 26.6 Å². The Morgan fingerprint density at radius 1 is 0.741 bits per heavy atom. The van der Waals surface area contributed by atoms with Crippen molar-refractivity contribution in [2.75, 3.05) is 24.5 Å². The van der Waals surface area contributed by atoms with E-state index in [1.807, 2.05) is 35.7 Å². The molecular weight excluding hydrogens is 370 g/mol. The molecule has 0 bridgehead atoms. The molecule has 0 saturated heterocycles. The molecule has 3 aromatic rings. The summed E-state index contributed by atoms with van der Waals surface area (Å²) in [7, 11) is 1.70. The van der Waals surface area contributed by atoms with Crippen LogP contribution in [-0.4, -0.2) is 19.6 Å². The summed E-state index contributed by atoms with van der Waals surface area (Å²) in [5.41, 5.74) is 7.40. The molecule has 0 atom stereocenters. The van der Waals surface area contributed by atoms with Gasteiger partial charge < -0.3 is 9.64 Å². The van der Waals surface area contributed by atoms with E-state index in [0.29, 0.717) is 0 Å². The van der Waals surface area contributed by atoms with Gasteiger partial charge in [-0.2, -0.15) is 0 Å². The second-order valence-electron chi connectivity index (χ2n) is 6.14. The van der Waals surface area contributed by atoms with E-state index in [-0.39, 0.29) is 0 Å².